The lowest BCUT2D eigenvalue weighted by Crippen LogP contribution is -1.92. The van der Waals surface area contributed by atoms with Gasteiger partial charge in [0.05, 0.1) is 0 Å². The highest BCUT2D eigenvalue weighted by Gasteiger charge is 2.01. The van der Waals surface area contributed by atoms with Crippen LogP contribution in [0, 0.1) is 0 Å². The molecule has 0 aliphatic rings. The van der Waals surface area contributed by atoms with Crippen molar-refractivity contribution in [2.75, 3.05) is 0 Å². The Labute approximate surface area is 81.3 Å². The normalized spacial score (nSPS) is 9.73. The van der Waals surface area contributed by atoms with E-state index in [1.54, 1.807) is 12.1 Å². The van der Waals surface area contributed by atoms with Crippen LogP contribution in [-0.2, 0) is 0 Å². The van der Waals surface area contributed by atoms with Crippen LogP contribution in [0.15, 0.2) is 21.3 Å². The fraction of sp³-hybridized carbons (Fsp3) is 0.143. The Kier molecular flexibility index (Phi) is 2.78. The Hall–Kier alpha value is -0.220. The topological polar surface area (TPSA) is 30.0 Å². The van der Waals surface area contributed by atoms with E-state index in [4.69, 9.17) is 0 Å². The maximum absolute atomic E-state index is 10.9. The van der Waals surface area contributed by atoms with E-state index in [0.717, 1.165) is 0 Å². The minimum absolute atomic E-state index is 0.0359. The quantitative estimate of drug-likeness (QED) is 0.584. The first-order valence-electron chi connectivity index (χ1n) is 2.93. The molecule has 0 saturated carbocycles. The van der Waals surface area contributed by atoms with Crippen molar-refractivity contribution in [3.63, 3.8) is 0 Å². The fourth-order valence-electron chi connectivity index (χ4n) is 0.668. The van der Waals surface area contributed by atoms with Gasteiger partial charge in [-0.05, 0) is 50.9 Å². The van der Waals surface area contributed by atoms with Crippen LogP contribution in [0.1, 0.15) is 17.3 Å². The molecule has 2 nitrogen and oxygen atoms in total. The highest BCUT2D eigenvalue weighted by Crippen LogP contribution is 2.15. The molecular formula is C7H5Br2NO. The molecule has 0 saturated heterocycles. The van der Waals surface area contributed by atoms with Crippen molar-refractivity contribution in [3.8, 4) is 0 Å². The zero-order chi connectivity index (χ0) is 8.43. The fourth-order valence-corrected chi connectivity index (χ4v) is 1.78. The summed E-state index contributed by atoms with van der Waals surface area (Å²) in [4.78, 5) is 14.9. The molecule has 0 aliphatic carbocycles. The van der Waals surface area contributed by atoms with E-state index in [2.05, 4.69) is 36.8 Å². The number of Topliss-reactive ketones (excluding diaryl/α,β-unsaturated/α-hetero) is 1. The van der Waals surface area contributed by atoms with Crippen LogP contribution in [0.2, 0.25) is 0 Å². The van der Waals surface area contributed by atoms with Gasteiger partial charge in [-0.3, -0.25) is 4.79 Å². The van der Waals surface area contributed by atoms with E-state index in [0.29, 0.717) is 14.8 Å². The maximum Gasteiger partial charge on any atom is 0.159 e. The summed E-state index contributed by atoms with van der Waals surface area (Å²) in [6.07, 6.45) is 0. The van der Waals surface area contributed by atoms with Gasteiger partial charge in [0.15, 0.2) is 5.78 Å². The smallest absolute Gasteiger partial charge is 0.159 e. The van der Waals surface area contributed by atoms with Crippen molar-refractivity contribution in [1.82, 2.24) is 4.98 Å². The lowest BCUT2D eigenvalue weighted by Gasteiger charge is -1.96. The van der Waals surface area contributed by atoms with E-state index < -0.39 is 0 Å². The number of aromatic nitrogens is 1. The first-order valence-corrected chi connectivity index (χ1v) is 4.52. The summed E-state index contributed by atoms with van der Waals surface area (Å²) < 4.78 is 1.33. The zero-order valence-electron chi connectivity index (χ0n) is 5.77. The molecule has 0 aliphatic heterocycles. The molecule has 0 fully saturated rings. The van der Waals surface area contributed by atoms with Gasteiger partial charge in [0.1, 0.15) is 9.21 Å². The van der Waals surface area contributed by atoms with Crippen LogP contribution in [-0.4, -0.2) is 10.8 Å². The molecule has 0 unspecified atom stereocenters. The van der Waals surface area contributed by atoms with Gasteiger partial charge in [0.25, 0.3) is 0 Å². The Balaban J connectivity index is 3.19. The molecule has 4 heteroatoms. The summed E-state index contributed by atoms with van der Waals surface area (Å²) in [6, 6.07) is 3.38. The van der Waals surface area contributed by atoms with Crippen molar-refractivity contribution in [2.24, 2.45) is 0 Å². The molecule has 58 valence electrons. The predicted molar refractivity (Wildman–Crippen MR) is 49.6 cm³/mol. The monoisotopic (exact) mass is 277 g/mol. The summed E-state index contributed by atoms with van der Waals surface area (Å²) in [7, 11) is 0. The molecule has 1 heterocycles. The Morgan fingerprint density at radius 1 is 1.36 bits per heavy atom. The molecule has 0 bridgehead atoms. The number of nitrogens with zero attached hydrogens (tertiary/aromatic N) is 1. The molecule has 1 aromatic rings. The van der Waals surface area contributed by atoms with Crippen LogP contribution in [0.3, 0.4) is 0 Å². The molecule has 0 N–H and O–H groups in total. The summed E-state index contributed by atoms with van der Waals surface area (Å²) >= 11 is 6.38. The average molecular weight is 279 g/mol. The van der Waals surface area contributed by atoms with Crippen LogP contribution >= 0.6 is 31.9 Å². The second-order valence-corrected chi connectivity index (χ2v) is 3.68. The minimum Gasteiger partial charge on any atom is -0.295 e. The van der Waals surface area contributed by atoms with Crippen molar-refractivity contribution in [3.05, 3.63) is 26.9 Å². The summed E-state index contributed by atoms with van der Waals surface area (Å²) in [6.45, 7) is 1.52. The highest BCUT2D eigenvalue weighted by molar-refractivity contribution is 9.11. The molecule has 0 radical (unpaired) electrons. The van der Waals surface area contributed by atoms with Gasteiger partial charge in [-0.25, -0.2) is 4.98 Å². The molecule has 0 spiro atoms. The Bertz CT molecular complexity index is 278. The molecular weight excluding hydrogens is 274 g/mol. The number of hydrogen-bond donors (Lipinski definition) is 0. The van der Waals surface area contributed by atoms with E-state index in [9.17, 15) is 4.79 Å². The van der Waals surface area contributed by atoms with E-state index >= 15 is 0 Å². The van der Waals surface area contributed by atoms with Gasteiger partial charge in [-0.2, -0.15) is 0 Å². The third-order valence-corrected chi connectivity index (χ3v) is 1.98. The van der Waals surface area contributed by atoms with Gasteiger partial charge in [-0.1, -0.05) is 0 Å². The summed E-state index contributed by atoms with van der Waals surface area (Å²) in [5.41, 5.74) is 0.652. The predicted octanol–water partition coefficient (Wildman–Crippen LogP) is 2.81. The number of halogens is 2. The van der Waals surface area contributed by atoms with Gasteiger partial charge < -0.3 is 0 Å². The Morgan fingerprint density at radius 2 is 1.82 bits per heavy atom. The lowest BCUT2D eigenvalue weighted by molar-refractivity contribution is 0.101. The average Bonchev–Trinajstić information content (AvgIpc) is 1.85. The van der Waals surface area contributed by atoms with Gasteiger partial charge >= 0.3 is 0 Å². The standard InChI is InChI=1S/C7H5Br2NO/c1-4(11)5-2-6(8)10-7(9)3-5/h2-3H,1H3. The third-order valence-electron chi connectivity index (χ3n) is 1.17. The SMILES string of the molecule is CC(=O)c1cc(Br)nc(Br)c1. The number of carbonyl (C=O) groups excluding carboxylic acids is 1. The second kappa shape index (κ2) is 3.45. The van der Waals surface area contributed by atoms with Gasteiger partial charge in [0.2, 0.25) is 0 Å². The number of carbonyl (C=O) groups is 1. The van der Waals surface area contributed by atoms with Crippen LogP contribution in [0.4, 0.5) is 0 Å². The largest absolute Gasteiger partial charge is 0.295 e. The maximum atomic E-state index is 10.9. The number of ketones is 1. The first kappa shape index (κ1) is 8.87. The molecule has 0 amide bonds. The van der Waals surface area contributed by atoms with Crippen molar-refractivity contribution >= 4 is 37.6 Å². The minimum atomic E-state index is 0.0359. The second-order valence-electron chi connectivity index (χ2n) is 2.06. The summed E-state index contributed by atoms with van der Waals surface area (Å²) in [5, 5.41) is 0. The summed E-state index contributed by atoms with van der Waals surface area (Å²) in [5.74, 6) is 0.0359. The van der Waals surface area contributed by atoms with E-state index in [1.165, 1.54) is 6.92 Å². The highest BCUT2D eigenvalue weighted by atomic mass is 79.9. The van der Waals surface area contributed by atoms with Gasteiger partial charge in [0, 0.05) is 5.56 Å². The van der Waals surface area contributed by atoms with Crippen molar-refractivity contribution in [1.29, 1.82) is 0 Å². The third kappa shape index (κ3) is 2.38. The molecule has 0 atom stereocenters. The molecule has 1 aromatic heterocycles. The van der Waals surface area contributed by atoms with E-state index in [1.807, 2.05) is 0 Å². The molecule has 1 rings (SSSR count). The first-order chi connectivity index (χ1) is 5.09. The van der Waals surface area contributed by atoms with Gasteiger partial charge in [-0.15, -0.1) is 0 Å². The van der Waals surface area contributed by atoms with E-state index in [-0.39, 0.29) is 5.78 Å². The van der Waals surface area contributed by atoms with Crippen molar-refractivity contribution < 1.29 is 4.79 Å². The zero-order valence-corrected chi connectivity index (χ0v) is 8.94. The number of pyridine rings is 1. The van der Waals surface area contributed by atoms with Crippen molar-refractivity contribution in [2.45, 2.75) is 6.92 Å². The van der Waals surface area contributed by atoms with Crippen LogP contribution < -0.4 is 0 Å². The number of hydrogen-bond acceptors (Lipinski definition) is 2. The number of rotatable bonds is 1. The van der Waals surface area contributed by atoms with Crippen LogP contribution in [0.5, 0.6) is 0 Å². The lowest BCUT2D eigenvalue weighted by atomic mass is 10.2. The molecule has 11 heavy (non-hydrogen) atoms. The van der Waals surface area contributed by atoms with Crippen LogP contribution in [0.25, 0.3) is 0 Å². The molecule has 0 aromatic carbocycles. The Morgan fingerprint density at radius 3 is 2.18 bits per heavy atom.